The van der Waals surface area contributed by atoms with E-state index in [9.17, 15) is 4.79 Å². The lowest BCUT2D eigenvalue weighted by molar-refractivity contribution is 0.0600. The third-order valence-electron chi connectivity index (χ3n) is 2.45. The first-order valence-electron chi connectivity index (χ1n) is 5.05. The molecule has 1 aromatic rings. The van der Waals surface area contributed by atoms with Crippen LogP contribution in [0.15, 0.2) is 29.4 Å². The molecule has 0 spiro atoms. The highest BCUT2D eigenvalue weighted by Gasteiger charge is 2.21. The summed E-state index contributed by atoms with van der Waals surface area (Å²) >= 11 is 0. The SMILES string of the molecule is COC(=O)c1ccc(C2=NOC(C#N)C2)cc1. The normalized spacial score (nSPS) is 17.9. The number of hydrogen-bond acceptors (Lipinski definition) is 5. The van der Waals surface area contributed by atoms with Crippen molar-refractivity contribution in [2.45, 2.75) is 12.5 Å². The lowest BCUT2D eigenvalue weighted by Crippen LogP contribution is -2.06. The summed E-state index contributed by atoms with van der Waals surface area (Å²) in [6.45, 7) is 0. The van der Waals surface area contributed by atoms with Gasteiger partial charge in [0.25, 0.3) is 0 Å². The van der Waals surface area contributed by atoms with Crippen LogP contribution in [-0.4, -0.2) is 24.9 Å². The van der Waals surface area contributed by atoms with Crippen LogP contribution in [0.25, 0.3) is 0 Å². The summed E-state index contributed by atoms with van der Waals surface area (Å²) in [6, 6.07) is 8.82. The van der Waals surface area contributed by atoms with Gasteiger partial charge in [0.05, 0.1) is 18.4 Å². The summed E-state index contributed by atoms with van der Waals surface area (Å²) in [7, 11) is 1.34. The van der Waals surface area contributed by atoms with E-state index in [0.29, 0.717) is 17.7 Å². The predicted octanol–water partition coefficient (Wildman–Crippen LogP) is 1.49. The van der Waals surface area contributed by atoms with E-state index in [1.807, 2.05) is 6.07 Å². The van der Waals surface area contributed by atoms with Crippen molar-refractivity contribution in [3.63, 3.8) is 0 Å². The van der Waals surface area contributed by atoms with Gasteiger partial charge in [0.15, 0.2) is 0 Å². The van der Waals surface area contributed by atoms with Crippen LogP contribution in [0, 0.1) is 11.3 Å². The Morgan fingerprint density at radius 3 is 2.76 bits per heavy atom. The molecule has 5 heteroatoms. The average Bonchev–Trinajstić information content (AvgIpc) is 2.87. The summed E-state index contributed by atoms with van der Waals surface area (Å²) in [4.78, 5) is 16.1. The number of methoxy groups -OCH3 is 1. The molecule has 1 heterocycles. The first-order valence-corrected chi connectivity index (χ1v) is 5.05. The Morgan fingerprint density at radius 1 is 1.53 bits per heavy atom. The Labute approximate surface area is 98.2 Å². The lowest BCUT2D eigenvalue weighted by atomic mass is 10.0. The summed E-state index contributed by atoms with van der Waals surface area (Å²) in [5.41, 5.74) is 2.04. The molecule has 0 radical (unpaired) electrons. The highest BCUT2D eigenvalue weighted by atomic mass is 16.6. The third kappa shape index (κ3) is 2.26. The van der Waals surface area contributed by atoms with Gasteiger partial charge in [-0.15, -0.1) is 0 Å². The lowest BCUT2D eigenvalue weighted by Gasteiger charge is -2.01. The van der Waals surface area contributed by atoms with Gasteiger partial charge >= 0.3 is 5.97 Å². The van der Waals surface area contributed by atoms with Crippen LogP contribution in [0.4, 0.5) is 0 Å². The van der Waals surface area contributed by atoms with Gasteiger partial charge in [-0.05, 0) is 17.7 Å². The molecule has 1 aromatic carbocycles. The number of ether oxygens (including phenoxy) is 1. The van der Waals surface area contributed by atoms with Gasteiger partial charge in [-0.1, -0.05) is 17.3 Å². The number of carbonyl (C=O) groups excluding carboxylic acids is 1. The van der Waals surface area contributed by atoms with Gasteiger partial charge in [-0.25, -0.2) is 4.79 Å². The molecule has 0 aromatic heterocycles. The number of nitrogens with zero attached hydrogens (tertiary/aromatic N) is 2. The maximum atomic E-state index is 11.2. The van der Waals surface area contributed by atoms with Crippen molar-refractivity contribution in [3.8, 4) is 6.07 Å². The Bertz CT molecular complexity index is 499. The smallest absolute Gasteiger partial charge is 0.337 e. The van der Waals surface area contributed by atoms with Crippen molar-refractivity contribution in [1.29, 1.82) is 5.26 Å². The molecule has 1 aliphatic rings. The quantitative estimate of drug-likeness (QED) is 0.721. The Balaban J connectivity index is 2.15. The Kier molecular flexibility index (Phi) is 3.06. The molecule has 1 atom stereocenters. The van der Waals surface area contributed by atoms with Crippen LogP contribution < -0.4 is 0 Å². The van der Waals surface area contributed by atoms with E-state index >= 15 is 0 Å². The maximum Gasteiger partial charge on any atom is 0.337 e. The first-order chi connectivity index (χ1) is 8.24. The van der Waals surface area contributed by atoms with E-state index in [0.717, 1.165) is 5.56 Å². The molecule has 0 saturated carbocycles. The van der Waals surface area contributed by atoms with Crippen molar-refractivity contribution < 1.29 is 14.4 Å². The summed E-state index contributed by atoms with van der Waals surface area (Å²) < 4.78 is 4.60. The number of carbonyl (C=O) groups is 1. The first kappa shape index (κ1) is 11.1. The van der Waals surface area contributed by atoms with E-state index in [4.69, 9.17) is 10.1 Å². The maximum absolute atomic E-state index is 11.2. The fraction of sp³-hybridized carbons (Fsp3) is 0.250. The van der Waals surface area contributed by atoms with Crippen molar-refractivity contribution in [2.75, 3.05) is 7.11 Å². The molecule has 2 rings (SSSR count). The summed E-state index contributed by atoms with van der Waals surface area (Å²) in [6.07, 6.45) is -0.0427. The second-order valence-corrected chi connectivity index (χ2v) is 3.53. The second-order valence-electron chi connectivity index (χ2n) is 3.53. The number of hydrogen-bond donors (Lipinski definition) is 0. The predicted molar refractivity (Wildman–Crippen MR) is 59.4 cm³/mol. The molecule has 0 fully saturated rings. The van der Waals surface area contributed by atoms with Crippen LogP contribution in [0.3, 0.4) is 0 Å². The van der Waals surface area contributed by atoms with Crippen molar-refractivity contribution >= 4 is 11.7 Å². The van der Waals surface area contributed by atoms with Gasteiger partial charge in [0.1, 0.15) is 6.07 Å². The molecular weight excluding hydrogens is 220 g/mol. The Morgan fingerprint density at radius 2 is 2.24 bits per heavy atom. The fourth-order valence-corrected chi connectivity index (χ4v) is 1.53. The van der Waals surface area contributed by atoms with E-state index in [-0.39, 0.29) is 5.97 Å². The minimum Gasteiger partial charge on any atom is -0.465 e. The molecular formula is C12H10N2O3. The molecule has 0 N–H and O–H groups in total. The van der Waals surface area contributed by atoms with E-state index in [1.165, 1.54) is 7.11 Å². The number of benzene rings is 1. The standard InChI is InChI=1S/C12H10N2O3/c1-16-12(15)9-4-2-8(3-5-9)11-6-10(7-13)17-14-11/h2-5,10H,6H2,1H3. The number of oxime groups is 1. The molecule has 0 bridgehead atoms. The fourth-order valence-electron chi connectivity index (χ4n) is 1.53. The van der Waals surface area contributed by atoms with Crippen LogP contribution in [0.1, 0.15) is 22.3 Å². The van der Waals surface area contributed by atoms with E-state index in [1.54, 1.807) is 24.3 Å². The van der Waals surface area contributed by atoms with Crippen LogP contribution in [0.2, 0.25) is 0 Å². The molecule has 0 aliphatic carbocycles. The molecule has 1 aliphatic heterocycles. The van der Waals surface area contributed by atoms with Crippen molar-refractivity contribution in [2.24, 2.45) is 5.16 Å². The summed E-state index contributed by atoms with van der Waals surface area (Å²) in [5.74, 6) is -0.379. The zero-order chi connectivity index (χ0) is 12.3. The zero-order valence-electron chi connectivity index (χ0n) is 9.21. The Hall–Kier alpha value is -2.35. The van der Waals surface area contributed by atoms with Gasteiger partial charge < -0.3 is 9.57 Å². The van der Waals surface area contributed by atoms with Crippen molar-refractivity contribution in [3.05, 3.63) is 35.4 Å². The van der Waals surface area contributed by atoms with Gasteiger partial charge in [0, 0.05) is 6.42 Å². The van der Waals surface area contributed by atoms with Crippen LogP contribution in [0.5, 0.6) is 0 Å². The third-order valence-corrected chi connectivity index (χ3v) is 2.45. The molecule has 5 nitrogen and oxygen atoms in total. The highest BCUT2D eigenvalue weighted by Crippen LogP contribution is 2.16. The topological polar surface area (TPSA) is 71.7 Å². The molecule has 0 amide bonds. The minimum atomic E-state index is -0.509. The van der Waals surface area contributed by atoms with E-state index in [2.05, 4.69) is 9.89 Å². The number of rotatable bonds is 2. The van der Waals surface area contributed by atoms with Gasteiger partial charge in [-0.3, -0.25) is 0 Å². The molecule has 0 saturated heterocycles. The highest BCUT2D eigenvalue weighted by molar-refractivity contribution is 6.02. The monoisotopic (exact) mass is 230 g/mol. The molecule has 17 heavy (non-hydrogen) atoms. The number of esters is 1. The van der Waals surface area contributed by atoms with Gasteiger partial charge in [-0.2, -0.15) is 5.26 Å². The largest absolute Gasteiger partial charge is 0.465 e. The van der Waals surface area contributed by atoms with Gasteiger partial charge in [0.2, 0.25) is 6.10 Å². The zero-order valence-corrected chi connectivity index (χ0v) is 9.21. The summed E-state index contributed by atoms with van der Waals surface area (Å²) in [5, 5.41) is 12.5. The van der Waals surface area contributed by atoms with Crippen molar-refractivity contribution in [1.82, 2.24) is 0 Å². The molecule has 1 unspecified atom stereocenters. The minimum absolute atomic E-state index is 0.379. The van der Waals surface area contributed by atoms with Crippen LogP contribution >= 0.6 is 0 Å². The number of nitriles is 1. The average molecular weight is 230 g/mol. The second kappa shape index (κ2) is 4.66. The van der Waals surface area contributed by atoms with Crippen LogP contribution in [-0.2, 0) is 9.57 Å². The van der Waals surface area contributed by atoms with E-state index < -0.39 is 6.10 Å². The molecule has 86 valence electrons.